The summed E-state index contributed by atoms with van der Waals surface area (Å²) in [6.45, 7) is 12.5. The van der Waals surface area contributed by atoms with E-state index < -0.39 is 0 Å². The van der Waals surface area contributed by atoms with Crippen LogP contribution in [0.3, 0.4) is 0 Å². The molecule has 0 saturated heterocycles. The minimum absolute atomic E-state index is 0.663. The van der Waals surface area contributed by atoms with Gasteiger partial charge in [0, 0.05) is 0 Å². The van der Waals surface area contributed by atoms with Crippen LogP contribution in [-0.4, -0.2) is 0 Å². The molecule has 0 aromatic carbocycles. The molecule has 0 aliphatic rings. The first-order valence-electron chi connectivity index (χ1n) is 5.01. The van der Waals surface area contributed by atoms with Crippen molar-refractivity contribution in [2.45, 2.75) is 40.5 Å². The second kappa shape index (κ2) is 6.71. The van der Waals surface area contributed by atoms with Gasteiger partial charge in [0.15, 0.2) is 0 Å². The van der Waals surface area contributed by atoms with Crippen LogP contribution in [-0.2, 0) is 0 Å². The maximum absolute atomic E-state index is 3.76. The van der Waals surface area contributed by atoms with Gasteiger partial charge in [0.1, 0.15) is 0 Å². The molecule has 0 aromatic rings. The molecule has 1 unspecified atom stereocenters. The van der Waals surface area contributed by atoms with Gasteiger partial charge in [-0.05, 0) is 39.5 Å². The van der Waals surface area contributed by atoms with Crippen molar-refractivity contribution in [2.24, 2.45) is 5.92 Å². The summed E-state index contributed by atoms with van der Waals surface area (Å²) in [5.74, 6) is 0.663. The van der Waals surface area contributed by atoms with Crippen molar-refractivity contribution in [3.05, 3.63) is 36.0 Å². The van der Waals surface area contributed by atoms with E-state index in [0.29, 0.717) is 5.92 Å². The van der Waals surface area contributed by atoms with E-state index in [2.05, 4.69) is 46.4 Å². The molecule has 0 amide bonds. The summed E-state index contributed by atoms with van der Waals surface area (Å²) in [6, 6.07) is 0. The highest BCUT2D eigenvalue weighted by Gasteiger charge is 2.04. The van der Waals surface area contributed by atoms with Gasteiger partial charge >= 0.3 is 0 Å². The molecule has 74 valence electrons. The number of hydrogen-bond donors (Lipinski definition) is 0. The lowest BCUT2D eigenvalue weighted by molar-refractivity contribution is 0.682. The SMILES string of the molecule is C=CCC(C)=C(C)C(C)CC=CC. The van der Waals surface area contributed by atoms with Crippen LogP contribution in [0.4, 0.5) is 0 Å². The standard InChI is InChI=1S/C13H22/c1-6-8-10-12(4)13(5)11(3)9-7-2/h6-8,12H,2,9-10H2,1,3-5H3. The maximum Gasteiger partial charge on any atom is -0.0142 e. The van der Waals surface area contributed by atoms with Crippen molar-refractivity contribution in [3.63, 3.8) is 0 Å². The Morgan fingerprint density at radius 2 is 2.00 bits per heavy atom. The number of allylic oxidation sites excluding steroid dienone is 5. The fourth-order valence-electron chi connectivity index (χ4n) is 1.32. The zero-order valence-corrected chi connectivity index (χ0v) is 9.43. The van der Waals surface area contributed by atoms with Crippen LogP contribution in [0.5, 0.6) is 0 Å². The van der Waals surface area contributed by atoms with Crippen LogP contribution >= 0.6 is 0 Å². The number of rotatable bonds is 5. The van der Waals surface area contributed by atoms with Crippen molar-refractivity contribution >= 4 is 0 Å². The average Bonchev–Trinajstić information content (AvgIpc) is 2.13. The summed E-state index contributed by atoms with van der Waals surface area (Å²) < 4.78 is 0. The van der Waals surface area contributed by atoms with E-state index >= 15 is 0 Å². The molecule has 1 atom stereocenters. The largest absolute Gasteiger partial charge is 0.103 e. The summed E-state index contributed by atoms with van der Waals surface area (Å²) in [5.41, 5.74) is 2.98. The maximum atomic E-state index is 3.76. The van der Waals surface area contributed by atoms with Gasteiger partial charge < -0.3 is 0 Å². The first kappa shape index (κ1) is 12.2. The van der Waals surface area contributed by atoms with Gasteiger partial charge in [-0.3, -0.25) is 0 Å². The molecular weight excluding hydrogens is 156 g/mol. The fourth-order valence-corrected chi connectivity index (χ4v) is 1.32. The van der Waals surface area contributed by atoms with E-state index in [9.17, 15) is 0 Å². The molecule has 0 aromatic heterocycles. The minimum Gasteiger partial charge on any atom is -0.103 e. The smallest absolute Gasteiger partial charge is 0.0142 e. The molecule has 0 nitrogen and oxygen atoms in total. The van der Waals surface area contributed by atoms with Crippen molar-refractivity contribution in [1.29, 1.82) is 0 Å². The van der Waals surface area contributed by atoms with E-state index in [1.165, 1.54) is 11.1 Å². The van der Waals surface area contributed by atoms with Crippen LogP contribution in [0.15, 0.2) is 36.0 Å². The van der Waals surface area contributed by atoms with Crippen molar-refractivity contribution in [2.75, 3.05) is 0 Å². The Morgan fingerprint density at radius 1 is 1.38 bits per heavy atom. The quantitative estimate of drug-likeness (QED) is 0.544. The van der Waals surface area contributed by atoms with Crippen LogP contribution in [0.1, 0.15) is 40.5 Å². The van der Waals surface area contributed by atoms with Gasteiger partial charge in [-0.2, -0.15) is 0 Å². The highest BCUT2D eigenvalue weighted by Crippen LogP contribution is 2.20. The summed E-state index contributed by atoms with van der Waals surface area (Å²) in [7, 11) is 0. The Morgan fingerprint density at radius 3 is 2.46 bits per heavy atom. The highest BCUT2D eigenvalue weighted by molar-refractivity contribution is 5.15. The van der Waals surface area contributed by atoms with Crippen molar-refractivity contribution in [3.8, 4) is 0 Å². The molecule has 0 fully saturated rings. The monoisotopic (exact) mass is 178 g/mol. The molecule has 0 saturated carbocycles. The third-order valence-corrected chi connectivity index (χ3v) is 2.59. The molecule has 0 N–H and O–H groups in total. The van der Waals surface area contributed by atoms with Gasteiger partial charge in [0.2, 0.25) is 0 Å². The van der Waals surface area contributed by atoms with E-state index in [-0.39, 0.29) is 0 Å². The second-order valence-electron chi connectivity index (χ2n) is 3.66. The Balaban J connectivity index is 4.28. The third-order valence-electron chi connectivity index (χ3n) is 2.59. The van der Waals surface area contributed by atoms with Gasteiger partial charge in [0.05, 0.1) is 0 Å². The highest BCUT2D eigenvalue weighted by atomic mass is 14.1. The minimum atomic E-state index is 0.663. The van der Waals surface area contributed by atoms with Crippen molar-refractivity contribution < 1.29 is 0 Å². The molecule has 0 aliphatic heterocycles. The zero-order chi connectivity index (χ0) is 10.3. The summed E-state index contributed by atoms with van der Waals surface area (Å²) in [6.07, 6.45) is 8.49. The summed E-state index contributed by atoms with van der Waals surface area (Å²) in [4.78, 5) is 0. The van der Waals surface area contributed by atoms with Crippen LogP contribution in [0.25, 0.3) is 0 Å². The lowest BCUT2D eigenvalue weighted by Gasteiger charge is -2.12. The third kappa shape index (κ3) is 4.72. The lowest BCUT2D eigenvalue weighted by Crippen LogP contribution is -1.97. The lowest BCUT2D eigenvalue weighted by atomic mass is 9.93. The molecule has 0 heterocycles. The van der Waals surface area contributed by atoms with Crippen LogP contribution in [0.2, 0.25) is 0 Å². The van der Waals surface area contributed by atoms with E-state index in [4.69, 9.17) is 0 Å². The topological polar surface area (TPSA) is 0 Å². The molecule has 0 bridgehead atoms. The normalized spacial score (nSPS) is 15.7. The molecule has 13 heavy (non-hydrogen) atoms. The fraction of sp³-hybridized carbons (Fsp3) is 0.538. The average molecular weight is 178 g/mol. The Hall–Kier alpha value is -0.780. The molecule has 0 aliphatic carbocycles. The predicted molar refractivity (Wildman–Crippen MR) is 61.8 cm³/mol. The summed E-state index contributed by atoms with van der Waals surface area (Å²) >= 11 is 0. The Kier molecular flexibility index (Phi) is 6.30. The van der Waals surface area contributed by atoms with E-state index in [1.54, 1.807) is 0 Å². The predicted octanol–water partition coefficient (Wildman–Crippen LogP) is 4.50. The second-order valence-corrected chi connectivity index (χ2v) is 3.66. The molecule has 0 rings (SSSR count). The number of hydrogen-bond acceptors (Lipinski definition) is 0. The van der Waals surface area contributed by atoms with Gasteiger partial charge in [0.25, 0.3) is 0 Å². The summed E-state index contributed by atoms with van der Waals surface area (Å²) in [5, 5.41) is 0. The molecule has 0 spiro atoms. The van der Waals surface area contributed by atoms with E-state index in [1.807, 2.05) is 6.08 Å². The van der Waals surface area contributed by atoms with Gasteiger partial charge in [-0.15, -0.1) is 6.58 Å². The van der Waals surface area contributed by atoms with Gasteiger partial charge in [-0.1, -0.05) is 36.3 Å². The van der Waals surface area contributed by atoms with E-state index in [0.717, 1.165) is 12.8 Å². The molecular formula is C13H22. The molecule has 0 radical (unpaired) electrons. The molecule has 0 heteroatoms. The van der Waals surface area contributed by atoms with Gasteiger partial charge in [-0.25, -0.2) is 0 Å². The first-order chi connectivity index (χ1) is 6.13. The van der Waals surface area contributed by atoms with Crippen LogP contribution < -0.4 is 0 Å². The van der Waals surface area contributed by atoms with Crippen LogP contribution in [0, 0.1) is 5.92 Å². The zero-order valence-electron chi connectivity index (χ0n) is 9.43. The van der Waals surface area contributed by atoms with Crippen molar-refractivity contribution in [1.82, 2.24) is 0 Å². The Bertz CT molecular complexity index is 206. The first-order valence-corrected chi connectivity index (χ1v) is 5.01. The Labute approximate surface area is 83.0 Å².